The van der Waals surface area contributed by atoms with Crippen molar-refractivity contribution in [1.29, 1.82) is 0 Å². The van der Waals surface area contributed by atoms with Crippen molar-refractivity contribution in [3.8, 4) is 5.75 Å². The lowest BCUT2D eigenvalue weighted by molar-refractivity contribution is -0.132. The Morgan fingerprint density at radius 2 is 1.92 bits per heavy atom. The SMILES string of the molecule is CCOc1ccc(C(=O)NC2CCN(C(=O)CCCCl)CC2)cc1. The molecule has 2 amide bonds. The molecule has 0 radical (unpaired) electrons. The van der Waals surface area contributed by atoms with Gasteiger partial charge >= 0.3 is 0 Å². The zero-order valence-electron chi connectivity index (χ0n) is 14.1. The van der Waals surface area contributed by atoms with Crippen LogP contribution >= 0.6 is 11.6 Å². The molecule has 1 aromatic carbocycles. The number of likely N-dealkylation sites (tertiary alicyclic amines) is 1. The van der Waals surface area contributed by atoms with Crippen molar-refractivity contribution < 1.29 is 14.3 Å². The fourth-order valence-corrected chi connectivity index (χ4v) is 2.92. The molecule has 1 saturated heterocycles. The number of hydrogen-bond acceptors (Lipinski definition) is 3. The quantitative estimate of drug-likeness (QED) is 0.768. The van der Waals surface area contributed by atoms with Gasteiger partial charge < -0.3 is 15.0 Å². The molecule has 1 heterocycles. The number of amides is 2. The molecule has 1 fully saturated rings. The molecular weight excluding hydrogens is 328 g/mol. The summed E-state index contributed by atoms with van der Waals surface area (Å²) in [5.41, 5.74) is 0.624. The molecule has 1 aromatic rings. The van der Waals surface area contributed by atoms with Crippen LogP contribution in [0.4, 0.5) is 0 Å². The van der Waals surface area contributed by atoms with Crippen LogP contribution < -0.4 is 10.1 Å². The number of hydrogen-bond donors (Lipinski definition) is 1. The van der Waals surface area contributed by atoms with Crippen LogP contribution in [0.2, 0.25) is 0 Å². The van der Waals surface area contributed by atoms with Crippen molar-refractivity contribution in [1.82, 2.24) is 10.2 Å². The largest absolute Gasteiger partial charge is 0.494 e. The van der Waals surface area contributed by atoms with Crippen molar-refractivity contribution in [2.75, 3.05) is 25.6 Å². The maximum Gasteiger partial charge on any atom is 0.251 e. The van der Waals surface area contributed by atoms with Crippen LogP contribution in [0, 0.1) is 0 Å². The standard InChI is InChI=1S/C18H25ClN2O3/c1-2-24-16-7-5-14(6-8-16)18(23)20-15-9-12-21(13-10-15)17(22)4-3-11-19/h5-8,15H,2-4,9-13H2,1H3,(H,20,23). The molecule has 1 N–H and O–H groups in total. The van der Waals surface area contributed by atoms with Crippen LogP contribution in [0.25, 0.3) is 0 Å². The summed E-state index contributed by atoms with van der Waals surface area (Å²) in [6.45, 7) is 3.91. The number of piperidine rings is 1. The predicted molar refractivity (Wildman–Crippen MR) is 94.6 cm³/mol. The van der Waals surface area contributed by atoms with Gasteiger partial charge in [-0.15, -0.1) is 11.6 Å². The Kier molecular flexibility index (Phi) is 7.37. The molecule has 0 atom stereocenters. The highest BCUT2D eigenvalue weighted by molar-refractivity contribution is 6.17. The van der Waals surface area contributed by atoms with Crippen molar-refractivity contribution in [3.63, 3.8) is 0 Å². The van der Waals surface area contributed by atoms with Crippen LogP contribution in [-0.2, 0) is 4.79 Å². The van der Waals surface area contributed by atoms with E-state index in [9.17, 15) is 9.59 Å². The van der Waals surface area contributed by atoms with Crippen molar-refractivity contribution in [3.05, 3.63) is 29.8 Å². The van der Waals surface area contributed by atoms with Gasteiger partial charge in [-0.1, -0.05) is 0 Å². The minimum Gasteiger partial charge on any atom is -0.494 e. The number of ether oxygens (including phenoxy) is 1. The molecule has 0 bridgehead atoms. The Bertz CT molecular complexity index is 540. The van der Waals surface area contributed by atoms with Crippen LogP contribution in [0.15, 0.2) is 24.3 Å². The summed E-state index contributed by atoms with van der Waals surface area (Å²) >= 11 is 5.62. The fraction of sp³-hybridized carbons (Fsp3) is 0.556. The summed E-state index contributed by atoms with van der Waals surface area (Å²) in [6, 6.07) is 7.25. The van der Waals surface area contributed by atoms with Crippen LogP contribution in [0.3, 0.4) is 0 Å². The molecule has 0 aliphatic carbocycles. The van der Waals surface area contributed by atoms with Gasteiger partial charge in [-0.05, 0) is 50.5 Å². The zero-order chi connectivity index (χ0) is 17.4. The van der Waals surface area contributed by atoms with Crippen LogP contribution in [-0.4, -0.2) is 48.3 Å². The number of nitrogens with zero attached hydrogens (tertiary/aromatic N) is 1. The lowest BCUT2D eigenvalue weighted by atomic mass is 10.0. The minimum absolute atomic E-state index is 0.0787. The highest BCUT2D eigenvalue weighted by atomic mass is 35.5. The summed E-state index contributed by atoms with van der Waals surface area (Å²) in [6.07, 6.45) is 2.80. The van der Waals surface area contributed by atoms with E-state index in [4.69, 9.17) is 16.3 Å². The van der Waals surface area contributed by atoms with E-state index in [1.807, 2.05) is 11.8 Å². The molecule has 24 heavy (non-hydrogen) atoms. The van der Waals surface area contributed by atoms with Crippen molar-refractivity contribution in [2.24, 2.45) is 0 Å². The lowest BCUT2D eigenvalue weighted by Gasteiger charge is -2.32. The Morgan fingerprint density at radius 1 is 1.25 bits per heavy atom. The summed E-state index contributed by atoms with van der Waals surface area (Å²) in [7, 11) is 0. The highest BCUT2D eigenvalue weighted by Gasteiger charge is 2.23. The Hall–Kier alpha value is -1.75. The normalized spacial score (nSPS) is 15.2. The molecule has 0 saturated carbocycles. The maximum atomic E-state index is 12.3. The first-order valence-electron chi connectivity index (χ1n) is 8.51. The van der Waals surface area contributed by atoms with E-state index in [-0.39, 0.29) is 17.9 Å². The van der Waals surface area contributed by atoms with Gasteiger partial charge in [0.15, 0.2) is 0 Å². The zero-order valence-corrected chi connectivity index (χ0v) is 14.8. The van der Waals surface area contributed by atoms with Crippen LogP contribution in [0.1, 0.15) is 43.0 Å². The van der Waals surface area contributed by atoms with E-state index in [1.165, 1.54) is 0 Å². The molecule has 0 spiro atoms. The maximum absolute atomic E-state index is 12.3. The average Bonchev–Trinajstić information content (AvgIpc) is 2.61. The monoisotopic (exact) mass is 352 g/mol. The molecule has 0 aromatic heterocycles. The number of alkyl halides is 1. The van der Waals surface area contributed by atoms with E-state index < -0.39 is 0 Å². The molecule has 5 nitrogen and oxygen atoms in total. The van der Waals surface area contributed by atoms with Crippen LogP contribution in [0.5, 0.6) is 5.75 Å². The first-order chi connectivity index (χ1) is 11.6. The second-order valence-electron chi connectivity index (χ2n) is 5.88. The van der Waals surface area contributed by atoms with Gasteiger partial charge in [-0.25, -0.2) is 0 Å². The lowest BCUT2D eigenvalue weighted by Crippen LogP contribution is -2.46. The predicted octanol–water partition coefficient (Wildman–Crippen LogP) is 2.83. The highest BCUT2D eigenvalue weighted by Crippen LogP contribution is 2.15. The third-order valence-corrected chi connectivity index (χ3v) is 4.40. The van der Waals surface area contributed by atoms with Gasteiger partial charge in [0.1, 0.15) is 5.75 Å². The van der Waals surface area contributed by atoms with Crippen molar-refractivity contribution >= 4 is 23.4 Å². The van der Waals surface area contributed by atoms with Gasteiger partial charge in [0, 0.05) is 37.0 Å². The summed E-state index contributed by atoms with van der Waals surface area (Å²) in [5, 5.41) is 3.05. The summed E-state index contributed by atoms with van der Waals surface area (Å²) < 4.78 is 5.38. The number of carbonyl (C=O) groups excluding carboxylic acids is 2. The molecule has 132 valence electrons. The Morgan fingerprint density at radius 3 is 2.50 bits per heavy atom. The van der Waals surface area contributed by atoms with E-state index in [0.717, 1.165) is 25.0 Å². The van der Waals surface area contributed by atoms with Gasteiger partial charge in [-0.2, -0.15) is 0 Å². The molecule has 1 aliphatic heterocycles. The van der Waals surface area contributed by atoms with Gasteiger partial charge in [0.25, 0.3) is 5.91 Å². The summed E-state index contributed by atoms with van der Waals surface area (Å²) in [5.74, 6) is 1.36. The van der Waals surface area contributed by atoms with Crippen molar-refractivity contribution in [2.45, 2.75) is 38.6 Å². The third kappa shape index (κ3) is 5.41. The van der Waals surface area contributed by atoms with Gasteiger partial charge in [0.05, 0.1) is 6.61 Å². The number of halogens is 1. The van der Waals surface area contributed by atoms with Gasteiger partial charge in [0.2, 0.25) is 5.91 Å². The number of carbonyl (C=O) groups is 2. The van der Waals surface area contributed by atoms with Gasteiger partial charge in [-0.3, -0.25) is 9.59 Å². The fourth-order valence-electron chi connectivity index (χ4n) is 2.79. The Labute approximate surface area is 148 Å². The average molecular weight is 353 g/mol. The first kappa shape index (κ1) is 18.6. The second-order valence-corrected chi connectivity index (χ2v) is 6.26. The topological polar surface area (TPSA) is 58.6 Å². The van der Waals surface area contributed by atoms with E-state index in [2.05, 4.69) is 5.32 Å². The van der Waals surface area contributed by atoms with E-state index in [0.29, 0.717) is 37.6 Å². The number of nitrogens with one attached hydrogen (secondary N) is 1. The third-order valence-electron chi connectivity index (χ3n) is 4.13. The molecular formula is C18H25ClN2O3. The Balaban J connectivity index is 1.78. The first-order valence-corrected chi connectivity index (χ1v) is 9.05. The minimum atomic E-state index is -0.0787. The molecule has 0 unspecified atom stereocenters. The number of rotatable bonds is 7. The number of benzene rings is 1. The second kappa shape index (κ2) is 9.52. The smallest absolute Gasteiger partial charge is 0.251 e. The van der Waals surface area contributed by atoms with E-state index >= 15 is 0 Å². The molecule has 6 heteroatoms. The molecule has 1 aliphatic rings. The van der Waals surface area contributed by atoms with E-state index in [1.54, 1.807) is 24.3 Å². The molecule has 2 rings (SSSR count). The summed E-state index contributed by atoms with van der Waals surface area (Å²) in [4.78, 5) is 26.1.